The van der Waals surface area contributed by atoms with E-state index < -0.39 is 0 Å². The molecule has 1 aliphatic heterocycles. The maximum absolute atomic E-state index is 12.9. The fourth-order valence-corrected chi connectivity index (χ4v) is 4.18. The van der Waals surface area contributed by atoms with Crippen molar-refractivity contribution in [1.29, 1.82) is 0 Å². The molecule has 0 spiro atoms. The number of methoxy groups -OCH3 is 1. The molecule has 1 aliphatic rings. The van der Waals surface area contributed by atoms with E-state index in [0.29, 0.717) is 6.54 Å². The van der Waals surface area contributed by atoms with Crippen molar-refractivity contribution in [1.82, 2.24) is 10.2 Å². The van der Waals surface area contributed by atoms with E-state index in [2.05, 4.69) is 26.5 Å². The molecule has 1 amide bonds. The lowest BCUT2D eigenvalue weighted by molar-refractivity contribution is -0.120. The van der Waals surface area contributed by atoms with E-state index in [1.165, 1.54) is 0 Å². The average Bonchev–Trinajstić information content (AvgIpc) is 2.78. The fraction of sp³-hybridized carbons (Fsp3) is 0.320. The van der Waals surface area contributed by atoms with Gasteiger partial charge in [0, 0.05) is 24.3 Å². The lowest BCUT2D eigenvalue weighted by atomic mass is 9.97. The molecular weight excluding hydrogens is 388 g/mol. The van der Waals surface area contributed by atoms with Gasteiger partial charge in [-0.15, -0.1) is 10.2 Å². The molecule has 31 heavy (non-hydrogen) atoms. The zero-order valence-corrected chi connectivity index (χ0v) is 18.3. The summed E-state index contributed by atoms with van der Waals surface area (Å²) in [7, 11) is 1.65. The molecule has 3 aromatic rings. The monoisotopic (exact) mass is 416 g/mol. The Morgan fingerprint density at radius 2 is 1.84 bits per heavy atom. The van der Waals surface area contributed by atoms with E-state index >= 15 is 0 Å². The molecular formula is C25H28N4O2. The maximum atomic E-state index is 12.9. The lowest BCUT2D eigenvalue weighted by Crippen LogP contribution is -2.41. The third-order valence-corrected chi connectivity index (χ3v) is 5.64. The number of hydrogen-bond donors (Lipinski definition) is 1. The Balaban J connectivity index is 1.45. The quantitative estimate of drug-likeness (QED) is 0.657. The number of aryl methyl sites for hydroxylation is 2. The summed E-state index contributed by atoms with van der Waals surface area (Å²) in [4.78, 5) is 15.0. The molecule has 1 N–H and O–H groups in total. The average molecular weight is 417 g/mol. The maximum Gasteiger partial charge on any atom is 0.229 e. The molecule has 6 heteroatoms. The minimum absolute atomic E-state index is 0.0632. The smallest absolute Gasteiger partial charge is 0.229 e. The molecule has 2 heterocycles. The van der Waals surface area contributed by atoms with Gasteiger partial charge in [-0.3, -0.25) is 4.79 Å². The predicted octanol–water partition coefficient (Wildman–Crippen LogP) is 4.62. The summed E-state index contributed by atoms with van der Waals surface area (Å²) in [5, 5.41) is 12.0. The molecule has 1 aromatic heterocycles. The van der Waals surface area contributed by atoms with E-state index in [0.717, 1.165) is 59.0 Å². The van der Waals surface area contributed by atoms with Gasteiger partial charge in [0.1, 0.15) is 5.75 Å². The summed E-state index contributed by atoms with van der Waals surface area (Å²) in [6, 6.07) is 17.8. The minimum Gasteiger partial charge on any atom is -0.496 e. The van der Waals surface area contributed by atoms with E-state index in [1.54, 1.807) is 7.11 Å². The topological polar surface area (TPSA) is 67.3 Å². The predicted molar refractivity (Wildman–Crippen MR) is 124 cm³/mol. The lowest BCUT2D eigenvalue weighted by Gasteiger charge is -2.32. The van der Waals surface area contributed by atoms with Crippen LogP contribution in [0.4, 0.5) is 11.5 Å². The summed E-state index contributed by atoms with van der Waals surface area (Å²) in [5.74, 6) is 1.55. The number of rotatable bonds is 5. The van der Waals surface area contributed by atoms with Crippen molar-refractivity contribution < 1.29 is 9.53 Å². The van der Waals surface area contributed by atoms with Crippen LogP contribution >= 0.6 is 0 Å². The molecule has 4 rings (SSSR count). The number of amides is 1. The van der Waals surface area contributed by atoms with Gasteiger partial charge in [-0.1, -0.05) is 18.2 Å². The van der Waals surface area contributed by atoms with Gasteiger partial charge in [-0.25, -0.2) is 0 Å². The fourth-order valence-electron chi connectivity index (χ4n) is 4.18. The number of anilines is 2. The van der Waals surface area contributed by atoms with Gasteiger partial charge in [0.15, 0.2) is 5.82 Å². The van der Waals surface area contributed by atoms with Crippen LogP contribution in [0.15, 0.2) is 54.6 Å². The second-order valence-electron chi connectivity index (χ2n) is 8.13. The van der Waals surface area contributed by atoms with Crippen LogP contribution in [0, 0.1) is 19.8 Å². The summed E-state index contributed by atoms with van der Waals surface area (Å²) < 4.78 is 5.43. The highest BCUT2D eigenvalue weighted by Crippen LogP contribution is 2.29. The zero-order chi connectivity index (χ0) is 21.8. The Labute approximate surface area is 183 Å². The number of ether oxygens (including phenoxy) is 1. The number of hydrogen-bond acceptors (Lipinski definition) is 5. The first-order valence-corrected chi connectivity index (χ1v) is 10.6. The van der Waals surface area contributed by atoms with Gasteiger partial charge in [0.05, 0.1) is 18.7 Å². The van der Waals surface area contributed by atoms with E-state index in [4.69, 9.17) is 4.74 Å². The van der Waals surface area contributed by atoms with Crippen LogP contribution in [0.25, 0.3) is 11.3 Å². The standard InChI is InChI=1S/C25H28N4O2/c1-17-13-18(2)15-20(14-17)26-25(30)19-7-6-12-29(16-19)24-11-10-22(27-28-24)21-8-4-5-9-23(21)31-3/h4-5,8-11,13-15,19H,6-7,12,16H2,1-3H3,(H,26,30). The molecule has 6 nitrogen and oxygen atoms in total. The van der Waals surface area contributed by atoms with Gasteiger partial charge in [0.25, 0.3) is 0 Å². The van der Waals surface area contributed by atoms with Gasteiger partial charge in [-0.05, 0) is 74.2 Å². The normalized spacial score (nSPS) is 16.1. The van der Waals surface area contributed by atoms with Gasteiger partial charge < -0.3 is 15.0 Å². The molecule has 1 atom stereocenters. The minimum atomic E-state index is -0.0785. The van der Waals surface area contributed by atoms with Crippen molar-refractivity contribution in [2.45, 2.75) is 26.7 Å². The largest absolute Gasteiger partial charge is 0.496 e. The number of piperidine rings is 1. The number of nitrogens with one attached hydrogen (secondary N) is 1. The Morgan fingerprint density at radius 1 is 1.06 bits per heavy atom. The molecule has 0 aliphatic carbocycles. The first-order chi connectivity index (χ1) is 15.0. The van der Waals surface area contributed by atoms with Gasteiger partial charge >= 0.3 is 0 Å². The summed E-state index contributed by atoms with van der Waals surface area (Å²) in [5.41, 5.74) is 4.83. The number of aromatic nitrogens is 2. The first-order valence-electron chi connectivity index (χ1n) is 10.6. The van der Waals surface area contributed by atoms with Crippen LogP contribution in [0.3, 0.4) is 0 Å². The summed E-state index contributed by atoms with van der Waals surface area (Å²) >= 11 is 0. The zero-order valence-electron chi connectivity index (χ0n) is 18.3. The van der Waals surface area contributed by atoms with Crippen molar-refractivity contribution in [2.24, 2.45) is 5.92 Å². The van der Waals surface area contributed by atoms with Crippen molar-refractivity contribution in [3.8, 4) is 17.0 Å². The van der Waals surface area contributed by atoms with Crippen molar-refractivity contribution in [3.05, 3.63) is 65.7 Å². The van der Waals surface area contributed by atoms with Crippen LogP contribution in [0.5, 0.6) is 5.75 Å². The van der Waals surface area contributed by atoms with E-state index in [-0.39, 0.29) is 11.8 Å². The van der Waals surface area contributed by atoms with Crippen LogP contribution in [0.2, 0.25) is 0 Å². The molecule has 0 bridgehead atoms. The van der Waals surface area contributed by atoms with Crippen LogP contribution in [-0.4, -0.2) is 36.3 Å². The highest BCUT2D eigenvalue weighted by Gasteiger charge is 2.27. The second kappa shape index (κ2) is 9.16. The number of benzene rings is 2. The SMILES string of the molecule is COc1ccccc1-c1ccc(N2CCCC(C(=O)Nc3cc(C)cc(C)c3)C2)nn1. The van der Waals surface area contributed by atoms with Crippen LogP contribution < -0.4 is 15.0 Å². The van der Waals surface area contributed by atoms with Crippen molar-refractivity contribution in [2.75, 3.05) is 30.4 Å². The Morgan fingerprint density at radius 3 is 2.55 bits per heavy atom. The van der Waals surface area contributed by atoms with Crippen molar-refractivity contribution in [3.63, 3.8) is 0 Å². The molecule has 1 saturated heterocycles. The Kier molecular flexibility index (Phi) is 6.16. The number of carbonyl (C=O) groups excluding carboxylic acids is 1. The molecule has 0 saturated carbocycles. The first kappa shape index (κ1) is 20.8. The molecule has 160 valence electrons. The Bertz CT molecular complexity index is 1050. The van der Waals surface area contributed by atoms with E-state index in [1.807, 2.05) is 62.4 Å². The third kappa shape index (κ3) is 4.85. The van der Waals surface area contributed by atoms with Gasteiger partial charge in [-0.2, -0.15) is 0 Å². The number of nitrogens with zero attached hydrogens (tertiary/aromatic N) is 3. The second-order valence-corrected chi connectivity index (χ2v) is 8.13. The molecule has 0 radical (unpaired) electrons. The number of para-hydroxylation sites is 1. The number of carbonyl (C=O) groups is 1. The van der Waals surface area contributed by atoms with Crippen molar-refractivity contribution >= 4 is 17.4 Å². The van der Waals surface area contributed by atoms with Gasteiger partial charge in [0.2, 0.25) is 5.91 Å². The molecule has 2 aromatic carbocycles. The van der Waals surface area contributed by atoms with E-state index in [9.17, 15) is 4.79 Å². The van der Waals surface area contributed by atoms with Crippen LogP contribution in [0.1, 0.15) is 24.0 Å². The van der Waals surface area contributed by atoms with Crippen LogP contribution in [-0.2, 0) is 4.79 Å². The summed E-state index contributed by atoms with van der Waals surface area (Å²) in [6.07, 6.45) is 1.82. The highest BCUT2D eigenvalue weighted by molar-refractivity contribution is 5.93. The molecule has 1 unspecified atom stereocenters. The third-order valence-electron chi connectivity index (χ3n) is 5.64. The summed E-state index contributed by atoms with van der Waals surface area (Å²) in [6.45, 7) is 5.59. The highest BCUT2D eigenvalue weighted by atomic mass is 16.5. The molecule has 1 fully saturated rings. The Hall–Kier alpha value is -3.41.